The second-order valence-corrected chi connectivity index (χ2v) is 5.68. The largest absolute Gasteiger partial charge is 0.459 e. The average molecular weight is 354 g/mol. The van der Waals surface area contributed by atoms with Gasteiger partial charge in [0.25, 0.3) is 0 Å². The molecule has 2 amide bonds. The highest BCUT2D eigenvalue weighted by molar-refractivity contribution is 6.32. The number of nitrogens with zero attached hydrogens (tertiary/aromatic N) is 2. The number of benzene rings is 1. The molecule has 1 aromatic rings. The lowest BCUT2D eigenvalue weighted by Crippen LogP contribution is -2.51. The Kier molecular flexibility index (Phi) is 6.43. The minimum Gasteiger partial charge on any atom is -0.459 e. The Balaban J connectivity index is 1.77. The summed E-state index contributed by atoms with van der Waals surface area (Å²) in [4.78, 5) is 38.5. The summed E-state index contributed by atoms with van der Waals surface area (Å²) in [6.07, 6.45) is 0. The van der Waals surface area contributed by atoms with Gasteiger partial charge in [-0.25, -0.2) is 4.79 Å². The van der Waals surface area contributed by atoms with E-state index in [-0.39, 0.29) is 19.1 Å². The summed E-state index contributed by atoms with van der Waals surface area (Å²) in [6.45, 7) is 4.01. The first-order valence-electron chi connectivity index (χ1n) is 7.74. The van der Waals surface area contributed by atoms with Crippen molar-refractivity contribution in [3.63, 3.8) is 0 Å². The Labute approximate surface area is 145 Å². The normalized spacial score (nSPS) is 14.2. The maximum absolute atomic E-state index is 12.1. The third-order valence-electron chi connectivity index (χ3n) is 3.69. The van der Waals surface area contributed by atoms with Crippen LogP contribution in [0.25, 0.3) is 0 Å². The molecule has 8 heteroatoms. The molecule has 1 aromatic carbocycles. The van der Waals surface area contributed by atoms with Gasteiger partial charge in [0.1, 0.15) is 0 Å². The highest BCUT2D eigenvalue weighted by Crippen LogP contribution is 2.19. The van der Waals surface area contributed by atoms with E-state index in [1.54, 1.807) is 11.8 Å². The summed E-state index contributed by atoms with van der Waals surface area (Å²) in [5.74, 6) is -2.09. The van der Waals surface area contributed by atoms with E-state index in [0.717, 1.165) is 5.69 Å². The van der Waals surface area contributed by atoms with Crippen LogP contribution in [0.2, 0.25) is 5.02 Å². The summed E-state index contributed by atoms with van der Waals surface area (Å²) in [5, 5.41) is 2.97. The third-order valence-corrected chi connectivity index (χ3v) is 3.94. The van der Waals surface area contributed by atoms with Crippen LogP contribution in [0.5, 0.6) is 0 Å². The van der Waals surface area contributed by atoms with Crippen LogP contribution in [-0.2, 0) is 19.1 Å². The van der Waals surface area contributed by atoms with Crippen LogP contribution >= 0.6 is 11.6 Å². The molecule has 0 atom stereocenters. The van der Waals surface area contributed by atoms with Gasteiger partial charge >= 0.3 is 11.9 Å². The van der Waals surface area contributed by atoms with Crippen LogP contribution in [0, 0.1) is 0 Å². The van der Waals surface area contributed by atoms with Crippen molar-refractivity contribution in [3.05, 3.63) is 29.3 Å². The van der Waals surface area contributed by atoms with E-state index in [2.05, 4.69) is 15.0 Å². The van der Waals surface area contributed by atoms with Crippen molar-refractivity contribution in [2.24, 2.45) is 0 Å². The molecule has 1 N–H and O–H groups in total. The molecule has 1 fully saturated rings. The molecule has 0 bridgehead atoms. The Morgan fingerprint density at radius 3 is 2.33 bits per heavy atom. The molecular formula is C16H20ClN3O4. The predicted octanol–water partition coefficient (Wildman–Crippen LogP) is 0.668. The number of halogens is 1. The summed E-state index contributed by atoms with van der Waals surface area (Å²) >= 11 is 5.88. The summed E-state index contributed by atoms with van der Waals surface area (Å²) in [5.41, 5.74) is 1.06. The van der Waals surface area contributed by atoms with Crippen LogP contribution in [0.15, 0.2) is 24.3 Å². The van der Waals surface area contributed by atoms with Crippen LogP contribution < -0.4 is 10.2 Å². The first-order valence-corrected chi connectivity index (χ1v) is 8.12. The first-order chi connectivity index (χ1) is 11.5. The lowest BCUT2D eigenvalue weighted by molar-refractivity contribution is -0.154. The van der Waals surface area contributed by atoms with Crippen LogP contribution in [0.4, 0.5) is 5.69 Å². The molecule has 1 aliphatic heterocycles. The first kappa shape index (κ1) is 18.1. The predicted molar refractivity (Wildman–Crippen MR) is 89.9 cm³/mol. The number of rotatable bonds is 4. The standard InChI is InChI=1S/C16H20ClN3O4/c1-2-24-16(23)15(22)18-11-14(21)20-9-7-19(8-10-20)13-5-3-12(17)4-6-13/h3-6H,2,7-11H2,1H3,(H,18,22). The number of amides is 2. The Morgan fingerprint density at radius 1 is 1.12 bits per heavy atom. The zero-order chi connectivity index (χ0) is 17.5. The molecule has 0 aliphatic carbocycles. The maximum Gasteiger partial charge on any atom is 0.396 e. The molecule has 1 heterocycles. The van der Waals surface area contributed by atoms with E-state index in [9.17, 15) is 14.4 Å². The molecule has 0 saturated carbocycles. The second kappa shape index (κ2) is 8.54. The summed E-state index contributed by atoms with van der Waals surface area (Å²) in [6, 6.07) is 7.55. The monoisotopic (exact) mass is 353 g/mol. The van der Waals surface area contributed by atoms with Crippen molar-refractivity contribution in [1.82, 2.24) is 10.2 Å². The van der Waals surface area contributed by atoms with Gasteiger partial charge in [0, 0.05) is 36.9 Å². The number of hydrogen-bond donors (Lipinski definition) is 1. The molecule has 2 rings (SSSR count). The molecule has 0 spiro atoms. The topological polar surface area (TPSA) is 78.9 Å². The van der Waals surface area contributed by atoms with Gasteiger partial charge in [0.05, 0.1) is 13.2 Å². The smallest absolute Gasteiger partial charge is 0.396 e. The Morgan fingerprint density at radius 2 is 1.75 bits per heavy atom. The van der Waals surface area contributed by atoms with E-state index >= 15 is 0 Å². The van der Waals surface area contributed by atoms with E-state index in [1.165, 1.54) is 0 Å². The van der Waals surface area contributed by atoms with Gasteiger partial charge in [-0.05, 0) is 31.2 Å². The number of carbonyl (C=O) groups excluding carboxylic acids is 3. The van der Waals surface area contributed by atoms with Crippen LogP contribution in [0.3, 0.4) is 0 Å². The van der Waals surface area contributed by atoms with Gasteiger partial charge < -0.3 is 19.9 Å². The van der Waals surface area contributed by atoms with Gasteiger partial charge in [-0.1, -0.05) is 11.6 Å². The lowest BCUT2D eigenvalue weighted by Gasteiger charge is -2.36. The fourth-order valence-corrected chi connectivity index (χ4v) is 2.53. The minimum absolute atomic E-state index is 0.118. The van der Waals surface area contributed by atoms with Crippen molar-refractivity contribution < 1.29 is 19.1 Å². The average Bonchev–Trinajstić information content (AvgIpc) is 2.60. The van der Waals surface area contributed by atoms with E-state index < -0.39 is 11.9 Å². The molecule has 1 aliphatic rings. The van der Waals surface area contributed by atoms with Gasteiger partial charge in [-0.2, -0.15) is 0 Å². The molecule has 0 radical (unpaired) electrons. The van der Waals surface area contributed by atoms with Crippen molar-refractivity contribution in [2.45, 2.75) is 6.92 Å². The van der Waals surface area contributed by atoms with Crippen molar-refractivity contribution in [3.8, 4) is 0 Å². The molecule has 1 saturated heterocycles. The van der Waals surface area contributed by atoms with E-state index in [4.69, 9.17) is 11.6 Å². The SMILES string of the molecule is CCOC(=O)C(=O)NCC(=O)N1CCN(c2ccc(Cl)cc2)CC1. The molecule has 7 nitrogen and oxygen atoms in total. The van der Waals surface area contributed by atoms with Crippen molar-refractivity contribution >= 4 is 35.1 Å². The molecule has 0 aromatic heterocycles. The summed E-state index contributed by atoms with van der Waals surface area (Å²) in [7, 11) is 0. The molecule has 0 unspecified atom stereocenters. The number of nitrogens with one attached hydrogen (secondary N) is 1. The second-order valence-electron chi connectivity index (χ2n) is 5.25. The summed E-state index contributed by atoms with van der Waals surface area (Å²) < 4.78 is 4.56. The Hall–Kier alpha value is -2.28. The zero-order valence-electron chi connectivity index (χ0n) is 13.5. The molecule has 24 heavy (non-hydrogen) atoms. The van der Waals surface area contributed by atoms with Crippen molar-refractivity contribution in [1.29, 1.82) is 0 Å². The molecular weight excluding hydrogens is 334 g/mol. The van der Waals surface area contributed by atoms with Gasteiger partial charge in [-0.3, -0.25) is 9.59 Å². The number of carbonyl (C=O) groups is 3. The van der Waals surface area contributed by atoms with E-state index in [0.29, 0.717) is 31.2 Å². The number of anilines is 1. The van der Waals surface area contributed by atoms with Crippen LogP contribution in [0.1, 0.15) is 6.92 Å². The number of hydrogen-bond acceptors (Lipinski definition) is 5. The Bertz CT molecular complexity index is 598. The molecule has 130 valence electrons. The maximum atomic E-state index is 12.1. The number of ether oxygens (including phenoxy) is 1. The fourth-order valence-electron chi connectivity index (χ4n) is 2.40. The lowest BCUT2D eigenvalue weighted by atomic mass is 10.2. The fraction of sp³-hybridized carbons (Fsp3) is 0.438. The highest BCUT2D eigenvalue weighted by atomic mass is 35.5. The van der Waals surface area contributed by atoms with Gasteiger partial charge in [0.2, 0.25) is 5.91 Å². The highest BCUT2D eigenvalue weighted by Gasteiger charge is 2.23. The number of esters is 1. The van der Waals surface area contributed by atoms with Gasteiger partial charge in [0.15, 0.2) is 0 Å². The minimum atomic E-state index is -0.974. The quantitative estimate of drug-likeness (QED) is 0.635. The van der Waals surface area contributed by atoms with Gasteiger partial charge in [-0.15, -0.1) is 0 Å². The van der Waals surface area contributed by atoms with Crippen molar-refractivity contribution in [2.75, 3.05) is 44.2 Å². The zero-order valence-corrected chi connectivity index (χ0v) is 14.2. The third kappa shape index (κ3) is 4.86. The number of piperazine rings is 1. The van der Waals surface area contributed by atoms with Crippen LogP contribution in [-0.4, -0.2) is 62.0 Å². The van der Waals surface area contributed by atoms with E-state index in [1.807, 2.05) is 24.3 Å².